The molecule has 1 unspecified atom stereocenters. The fourth-order valence-corrected chi connectivity index (χ4v) is 2.58. The van der Waals surface area contributed by atoms with Gasteiger partial charge in [-0.15, -0.1) is 0 Å². The van der Waals surface area contributed by atoms with Gasteiger partial charge in [-0.25, -0.2) is 8.42 Å². The Labute approximate surface area is 72.2 Å². The molecule has 3 N–H and O–H groups in total. The number of hydrogen-bond donors (Lipinski definition) is 2. The molecule has 1 aliphatic heterocycles. The number of aliphatic hydroxyl groups excluding tert-OH is 1. The zero-order chi connectivity index (χ0) is 9.19. The lowest BCUT2D eigenvalue weighted by Gasteiger charge is -2.14. The minimum Gasteiger partial charge on any atom is -0.392 e. The minimum atomic E-state index is -3.19. The van der Waals surface area contributed by atoms with Crippen LogP contribution in [-0.4, -0.2) is 49.3 Å². The van der Waals surface area contributed by atoms with Crippen LogP contribution in [0.15, 0.2) is 0 Å². The molecule has 1 heterocycles. The van der Waals surface area contributed by atoms with Crippen LogP contribution in [0.2, 0.25) is 0 Å². The first-order chi connectivity index (χ1) is 5.56. The number of aliphatic hydroxyl groups is 1. The molecule has 72 valence electrons. The van der Waals surface area contributed by atoms with E-state index in [0.717, 1.165) is 0 Å². The van der Waals surface area contributed by atoms with Gasteiger partial charge in [-0.2, -0.15) is 4.31 Å². The van der Waals surface area contributed by atoms with Gasteiger partial charge in [0.05, 0.1) is 11.9 Å². The van der Waals surface area contributed by atoms with Crippen molar-refractivity contribution in [2.45, 2.75) is 12.5 Å². The smallest absolute Gasteiger partial charge is 0.215 e. The van der Waals surface area contributed by atoms with Crippen molar-refractivity contribution in [2.24, 2.45) is 5.73 Å². The van der Waals surface area contributed by atoms with Crippen molar-refractivity contribution < 1.29 is 13.5 Å². The highest BCUT2D eigenvalue weighted by molar-refractivity contribution is 7.89. The summed E-state index contributed by atoms with van der Waals surface area (Å²) in [5.74, 6) is -0.0281. The predicted octanol–water partition coefficient (Wildman–Crippen LogP) is -1.66. The lowest BCUT2D eigenvalue weighted by atomic mass is 10.3. The molecule has 1 fully saturated rings. The van der Waals surface area contributed by atoms with Crippen LogP contribution >= 0.6 is 0 Å². The van der Waals surface area contributed by atoms with Gasteiger partial charge in [0.15, 0.2) is 0 Å². The van der Waals surface area contributed by atoms with Gasteiger partial charge in [0.1, 0.15) is 0 Å². The monoisotopic (exact) mass is 194 g/mol. The maximum absolute atomic E-state index is 11.3. The molecular weight excluding hydrogens is 180 g/mol. The molecule has 0 saturated carbocycles. The number of nitrogens with two attached hydrogens (primary N) is 1. The average molecular weight is 194 g/mol. The van der Waals surface area contributed by atoms with Crippen molar-refractivity contribution in [1.82, 2.24) is 4.31 Å². The summed E-state index contributed by atoms with van der Waals surface area (Å²) in [4.78, 5) is 0. The summed E-state index contributed by atoms with van der Waals surface area (Å²) in [5.41, 5.74) is 5.15. The number of β-amino-alcohol motifs (C(OH)–C–C–N with tert-alkyl or cyclic N) is 1. The SMILES string of the molecule is NCCS(=O)(=O)N1CCC(O)C1. The van der Waals surface area contributed by atoms with Gasteiger partial charge in [-0.1, -0.05) is 0 Å². The summed E-state index contributed by atoms with van der Waals surface area (Å²) in [7, 11) is -3.19. The first-order valence-corrected chi connectivity index (χ1v) is 5.53. The zero-order valence-corrected chi connectivity index (χ0v) is 7.63. The molecule has 12 heavy (non-hydrogen) atoms. The maximum atomic E-state index is 11.3. The Kier molecular flexibility index (Phi) is 3.05. The molecule has 6 heteroatoms. The Bertz CT molecular complexity index is 239. The Hall–Kier alpha value is -0.170. The van der Waals surface area contributed by atoms with E-state index in [4.69, 9.17) is 10.8 Å². The highest BCUT2D eigenvalue weighted by Gasteiger charge is 2.29. The first kappa shape index (κ1) is 9.91. The van der Waals surface area contributed by atoms with E-state index in [0.29, 0.717) is 13.0 Å². The van der Waals surface area contributed by atoms with Crippen molar-refractivity contribution in [2.75, 3.05) is 25.4 Å². The van der Waals surface area contributed by atoms with E-state index in [1.165, 1.54) is 4.31 Å². The molecule has 0 aromatic carbocycles. The highest BCUT2D eigenvalue weighted by Crippen LogP contribution is 2.13. The van der Waals surface area contributed by atoms with Crippen LogP contribution in [0.4, 0.5) is 0 Å². The summed E-state index contributed by atoms with van der Waals surface area (Å²) in [6.45, 7) is 0.779. The zero-order valence-electron chi connectivity index (χ0n) is 6.81. The fraction of sp³-hybridized carbons (Fsp3) is 1.00. The Balaban J connectivity index is 2.58. The Morgan fingerprint density at radius 2 is 2.25 bits per heavy atom. The van der Waals surface area contributed by atoms with Gasteiger partial charge in [-0.3, -0.25) is 0 Å². The van der Waals surface area contributed by atoms with Crippen LogP contribution in [0.1, 0.15) is 6.42 Å². The van der Waals surface area contributed by atoms with Crippen LogP contribution in [0.25, 0.3) is 0 Å². The predicted molar refractivity (Wildman–Crippen MR) is 45.0 cm³/mol. The highest BCUT2D eigenvalue weighted by atomic mass is 32.2. The average Bonchev–Trinajstić information content (AvgIpc) is 2.36. The molecule has 1 saturated heterocycles. The van der Waals surface area contributed by atoms with Gasteiger partial charge in [0, 0.05) is 19.6 Å². The minimum absolute atomic E-state index is 0.0281. The van der Waals surface area contributed by atoms with Crippen LogP contribution in [0.3, 0.4) is 0 Å². The van der Waals surface area contributed by atoms with Crippen molar-refractivity contribution in [3.05, 3.63) is 0 Å². The van der Waals surface area contributed by atoms with Crippen LogP contribution < -0.4 is 5.73 Å². The number of hydrogen-bond acceptors (Lipinski definition) is 4. The second-order valence-electron chi connectivity index (χ2n) is 2.91. The molecule has 0 aromatic heterocycles. The normalized spacial score (nSPS) is 26.3. The molecular formula is C6H14N2O3S. The Morgan fingerprint density at radius 3 is 2.67 bits per heavy atom. The number of sulfonamides is 1. The van der Waals surface area contributed by atoms with Gasteiger partial charge in [0.25, 0.3) is 0 Å². The van der Waals surface area contributed by atoms with E-state index in [1.807, 2.05) is 0 Å². The molecule has 0 aliphatic carbocycles. The third-order valence-corrected chi connectivity index (χ3v) is 3.77. The molecule has 0 aromatic rings. The number of rotatable bonds is 3. The third kappa shape index (κ3) is 2.16. The molecule has 0 spiro atoms. The van der Waals surface area contributed by atoms with E-state index in [2.05, 4.69) is 0 Å². The van der Waals surface area contributed by atoms with E-state index >= 15 is 0 Å². The van der Waals surface area contributed by atoms with E-state index < -0.39 is 16.1 Å². The van der Waals surface area contributed by atoms with Crippen molar-refractivity contribution in [3.8, 4) is 0 Å². The summed E-state index contributed by atoms with van der Waals surface area (Å²) in [6, 6.07) is 0. The van der Waals surface area contributed by atoms with Crippen LogP contribution in [0.5, 0.6) is 0 Å². The molecule has 1 rings (SSSR count). The largest absolute Gasteiger partial charge is 0.392 e. The van der Waals surface area contributed by atoms with E-state index in [-0.39, 0.29) is 18.8 Å². The van der Waals surface area contributed by atoms with Crippen LogP contribution in [-0.2, 0) is 10.0 Å². The molecule has 0 bridgehead atoms. The van der Waals surface area contributed by atoms with Crippen molar-refractivity contribution in [3.63, 3.8) is 0 Å². The molecule has 5 nitrogen and oxygen atoms in total. The van der Waals surface area contributed by atoms with Crippen molar-refractivity contribution >= 4 is 10.0 Å². The van der Waals surface area contributed by atoms with Gasteiger partial charge >= 0.3 is 0 Å². The lowest BCUT2D eigenvalue weighted by molar-refractivity contribution is 0.189. The summed E-state index contributed by atoms with van der Waals surface area (Å²) >= 11 is 0. The molecule has 1 atom stereocenters. The summed E-state index contributed by atoms with van der Waals surface area (Å²) in [5, 5.41) is 9.09. The lowest BCUT2D eigenvalue weighted by Crippen LogP contribution is -2.34. The molecule has 0 amide bonds. The number of nitrogens with zero attached hydrogens (tertiary/aromatic N) is 1. The maximum Gasteiger partial charge on any atom is 0.215 e. The quantitative estimate of drug-likeness (QED) is 0.563. The summed E-state index contributed by atoms with van der Waals surface area (Å²) in [6.07, 6.45) is 0.0293. The standard InChI is InChI=1S/C6H14N2O3S/c7-2-4-12(10,11)8-3-1-6(9)5-8/h6,9H,1-5,7H2. The second kappa shape index (κ2) is 3.69. The van der Waals surface area contributed by atoms with Gasteiger partial charge < -0.3 is 10.8 Å². The van der Waals surface area contributed by atoms with Crippen molar-refractivity contribution in [1.29, 1.82) is 0 Å². The molecule has 1 aliphatic rings. The van der Waals surface area contributed by atoms with E-state index in [1.54, 1.807) is 0 Å². The molecule has 0 radical (unpaired) electrons. The van der Waals surface area contributed by atoms with E-state index in [9.17, 15) is 8.42 Å². The third-order valence-electron chi connectivity index (χ3n) is 1.90. The second-order valence-corrected chi connectivity index (χ2v) is 4.99. The fourth-order valence-electron chi connectivity index (χ4n) is 1.24. The van der Waals surface area contributed by atoms with Crippen LogP contribution in [0, 0.1) is 0 Å². The van der Waals surface area contributed by atoms with Gasteiger partial charge in [0.2, 0.25) is 10.0 Å². The topological polar surface area (TPSA) is 83.6 Å². The van der Waals surface area contributed by atoms with Gasteiger partial charge in [-0.05, 0) is 6.42 Å². The Morgan fingerprint density at radius 1 is 1.58 bits per heavy atom. The summed E-state index contributed by atoms with van der Waals surface area (Å²) < 4.78 is 23.9. The first-order valence-electron chi connectivity index (χ1n) is 3.92.